The molecule has 2 aromatic rings. The second-order valence-corrected chi connectivity index (χ2v) is 6.86. The van der Waals surface area contributed by atoms with E-state index in [0.29, 0.717) is 23.8 Å². The molecule has 7 nitrogen and oxygen atoms in total. The highest BCUT2D eigenvalue weighted by Crippen LogP contribution is 2.38. The average Bonchev–Trinajstić information content (AvgIpc) is 2.74. The summed E-state index contributed by atoms with van der Waals surface area (Å²) in [4.78, 5) is 12.5. The monoisotopic (exact) mass is 402 g/mol. The molecule has 0 aromatic heterocycles. The van der Waals surface area contributed by atoms with Crippen molar-refractivity contribution in [3.63, 3.8) is 0 Å². The van der Waals surface area contributed by atoms with Crippen molar-refractivity contribution in [3.05, 3.63) is 47.5 Å². The predicted octanol–water partition coefficient (Wildman–Crippen LogP) is 3.92. The van der Waals surface area contributed by atoms with Crippen LogP contribution >= 0.6 is 0 Å². The highest BCUT2D eigenvalue weighted by Gasteiger charge is 2.19. The normalized spacial score (nSPS) is 11.6. The minimum Gasteiger partial charge on any atom is -0.497 e. The summed E-state index contributed by atoms with van der Waals surface area (Å²) in [5.74, 6) is 2.60. The van der Waals surface area contributed by atoms with Crippen molar-refractivity contribution in [3.8, 4) is 23.0 Å². The van der Waals surface area contributed by atoms with Crippen LogP contribution in [0.15, 0.2) is 36.4 Å². The lowest BCUT2D eigenvalue weighted by Gasteiger charge is -2.23. The van der Waals surface area contributed by atoms with E-state index in [9.17, 15) is 4.79 Å². The van der Waals surface area contributed by atoms with Crippen LogP contribution in [0.1, 0.15) is 31.0 Å². The zero-order valence-electron chi connectivity index (χ0n) is 17.9. The Labute approximate surface area is 172 Å². The molecule has 2 rings (SSSR count). The summed E-state index contributed by atoms with van der Waals surface area (Å²) in [6, 6.07) is 10.9. The summed E-state index contributed by atoms with van der Waals surface area (Å²) < 4.78 is 21.2. The fourth-order valence-corrected chi connectivity index (χ4v) is 3.06. The molecule has 0 bridgehead atoms. The smallest absolute Gasteiger partial charge is 0.315 e. The van der Waals surface area contributed by atoms with Crippen LogP contribution in [0.25, 0.3) is 0 Å². The van der Waals surface area contributed by atoms with Crippen LogP contribution in [0.4, 0.5) is 4.79 Å². The second kappa shape index (κ2) is 10.5. The number of carbonyl (C=O) groups is 1. The van der Waals surface area contributed by atoms with Crippen molar-refractivity contribution in [1.82, 2.24) is 10.6 Å². The molecule has 2 amide bonds. The van der Waals surface area contributed by atoms with Gasteiger partial charge in [0, 0.05) is 6.54 Å². The molecule has 0 saturated carbocycles. The van der Waals surface area contributed by atoms with Crippen LogP contribution in [0, 0.1) is 5.92 Å². The molecular formula is C22H30N2O5. The minimum atomic E-state index is -0.256. The van der Waals surface area contributed by atoms with Gasteiger partial charge in [0.15, 0.2) is 11.5 Å². The first-order chi connectivity index (χ1) is 13.9. The van der Waals surface area contributed by atoms with Gasteiger partial charge in [-0.3, -0.25) is 0 Å². The third kappa shape index (κ3) is 5.70. The van der Waals surface area contributed by atoms with Crippen molar-refractivity contribution < 1.29 is 23.7 Å². The molecule has 0 heterocycles. The van der Waals surface area contributed by atoms with Crippen molar-refractivity contribution >= 4 is 6.03 Å². The maximum absolute atomic E-state index is 12.5. The van der Waals surface area contributed by atoms with E-state index in [1.165, 1.54) is 0 Å². The molecule has 0 spiro atoms. The van der Waals surface area contributed by atoms with E-state index < -0.39 is 0 Å². The number of hydrogen-bond donors (Lipinski definition) is 2. The van der Waals surface area contributed by atoms with Crippen LogP contribution in [-0.2, 0) is 6.54 Å². The van der Waals surface area contributed by atoms with E-state index in [1.807, 2.05) is 36.4 Å². The van der Waals surface area contributed by atoms with Gasteiger partial charge < -0.3 is 29.6 Å². The van der Waals surface area contributed by atoms with E-state index in [4.69, 9.17) is 18.9 Å². The molecule has 1 atom stereocenters. The minimum absolute atomic E-state index is 0.124. The molecule has 0 aliphatic carbocycles. The number of nitrogens with one attached hydrogen (secondary N) is 2. The topological polar surface area (TPSA) is 78.1 Å². The van der Waals surface area contributed by atoms with Crippen molar-refractivity contribution in [2.45, 2.75) is 26.4 Å². The molecule has 0 radical (unpaired) electrons. The number of methoxy groups -OCH3 is 4. The highest BCUT2D eigenvalue weighted by molar-refractivity contribution is 5.74. The zero-order valence-corrected chi connectivity index (χ0v) is 17.9. The number of hydrogen-bond acceptors (Lipinski definition) is 5. The molecule has 1 unspecified atom stereocenters. The van der Waals surface area contributed by atoms with E-state index in [0.717, 1.165) is 16.9 Å². The Morgan fingerprint density at radius 1 is 0.897 bits per heavy atom. The molecule has 0 saturated heterocycles. The Bertz CT molecular complexity index is 780. The Kier molecular flexibility index (Phi) is 8.00. The lowest BCUT2D eigenvalue weighted by atomic mass is 9.96. The van der Waals surface area contributed by atoms with Crippen LogP contribution in [0.2, 0.25) is 0 Å². The third-order valence-corrected chi connectivity index (χ3v) is 4.61. The summed E-state index contributed by atoms with van der Waals surface area (Å²) >= 11 is 0. The van der Waals surface area contributed by atoms with E-state index in [1.54, 1.807) is 28.4 Å². The molecule has 29 heavy (non-hydrogen) atoms. The quantitative estimate of drug-likeness (QED) is 0.665. The van der Waals surface area contributed by atoms with Crippen LogP contribution in [0.3, 0.4) is 0 Å². The summed E-state index contributed by atoms with van der Waals surface area (Å²) in [6.07, 6.45) is 0. The van der Waals surface area contributed by atoms with Crippen molar-refractivity contribution in [2.24, 2.45) is 5.92 Å². The number of benzene rings is 2. The van der Waals surface area contributed by atoms with Gasteiger partial charge in [-0.05, 0) is 41.3 Å². The van der Waals surface area contributed by atoms with Crippen molar-refractivity contribution in [2.75, 3.05) is 28.4 Å². The summed E-state index contributed by atoms with van der Waals surface area (Å²) in [6.45, 7) is 4.44. The standard InChI is InChI=1S/C22H30N2O5/c1-14(2)20(16-7-9-17(26-3)10-8-16)24-22(25)23-13-15-11-18(27-4)21(29-6)19(12-15)28-5/h7-12,14,20H,13H2,1-6H3,(H2,23,24,25). The molecular weight excluding hydrogens is 372 g/mol. The lowest BCUT2D eigenvalue weighted by Crippen LogP contribution is -2.39. The second-order valence-electron chi connectivity index (χ2n) is 6.86. The fourth-order valence-electron chi connectivity index (χ4n) is 3.06. The summed E-state index contributed by atoms with van der Waals surface area (Å²) in [7, 11) is 6.30. The molecule has 7 heteroatoms. The van der Waals surface area contributed by atoms with Gasteiger partial charge in [0.05, 0.1) is 34.5 Å². The number of urea groups is 1. The lowest BCUT2D eigenvalue weighted by molar-refractivity contribution is 0.232. The number of rotatable bonds is 9. The Morgan fingerprint density at radius 2 is 1.48 bits per heavy atom. The number of carbonyl (C=O) groups excluding carboxylic acids is 1. The first kappa shape index (κ1) is 22.2. The Balaban J connectivity index is 2.07. The average molecular weight is 402 g/mol. The molecule has 0 aliphatic rings. The van der Waals surface area contributed by atoms with Gasteiger partial charge in [-0.2, -0.15) is 0 Å². The Morgan fingerprint density at radius 3 is 1.93 bits per heavy atom. The molecule has 0 aliphatic heterocycles. The van der Waals surface area contributed by atoms with Gasteiger partial charge in [-0.15, -0.1) is 0 Å². The van der Waals surface area contributed by atoms with Gasteiger partial charge in [0.25, 0.3) is 0 Å². The summed E-state index contributed by atoms with van der Waals surface area (Å²) in [5, 5.41) is 5.93. The van der Waals surface area contributed by atoms with E-state index >= 15 is 0 Å². The SMILES string of the molecule is COc1ccc(C(NC(=O)NCc2cc(OC)c(OC)c(OC)c2)C(C)C)cc1. The predicted molar refractivity (Wildman–Crippen MR) is 112 cm³/mol. The molecule has 2 aromatic carbocycles. The van der Waals surface area contributed by atoms with Gasteiger partial charge >= 0.3 is 6.03 Å². The van der Waals surface area contributed by atoms with Gasteiger partial charge in [0.2, 0.25) is 5.75 Å². The maximum Gasteiger partial charge on any atom is 0.315 e. The first-order valence-corrected chi connectivity index (χ1v) is 9.40. The fraction of sp³-hybridized carbons (Fsp3) is 0.409. The third-order valence-electron chi connectivity index (χ3n) is 4.61. The van der Waals surface area contributed by atoms with E-state index in [2.05, 4.69) is 24.5 Å². The highest BCUT2D eigenvalue weighted by atomic mass is 16.5. The maximum atomic E-state index is 12.5. The van der Waals surface area contributed by atoms with Gasteiger partial charge in [-0.1, -0.05) is 26.0 Å². The van der Waals surface area contributed by atoms with Crippen LogP contribution < -0.4 is 29.6 Å². The van der Waals surface area contributed by atoms with Gasteiger partial charge in [-0.25, -0.2) is 4.79 Å². The first-order valence-electron chi connectivity index (χ1n) is 9.40. The number of ether oxygens (including phenoxy) is 4. The molecule has 158 valence electrons. The zero-order chi connectivity index (χ0) is 21.4. The van der Waals surface area contributed by atoms with E-state index in [-0.39, 0.29) is 18.0 Å². The molecule has 2 N–H and O–H groups in total. The van der Waals surface area contributed by atoms with Gasteiger partial charge in [0.1, 0.15) is 5.75 Å². The largest absolute Gasteiger partial charge is 0.497 e. The van der Waals surface area contributed by atoms with Crippen LogP contribution in [-0.4, -0.2) is 34.5 Å². The molecule has 0 fully saturated rings. The summed E-state index contributed by atoms with van der Waals surface area (Å²) in [5.41, 5.74) is 1.85. The van der Waals surface area contributed by atoms with Crippen LogP contribution in [0.5, 0.6) is 23.0 Å². The Hall–Kier alpha value is -3.09. The number of amides is 2. The van der Waals surface area contributed by atoms with Crippen molar-refractivity contribution in [1.29, 1.82) is 0 Å².